The maximum atomic E-state index is 10.2. The molecule has 2 aromatic carbocycles. The van der Waals surface area contributed by atoms with Crippen LogP contribution in [0.5, 0.6) is 23.0 Å². The minimum absolute atomic E-state index is 0.529. The Morgan fingerprint density at radius 1 is 0.818 bits per heavy atom. The van der Waals surface area contributed by atoms with E-state index in [0.717, 1.165) is 62.3 Å². The molecule has 0 aliphatic rings. The number of benzene rings is 2. The highest BCUT2D eigenvalue weighted by molar-refractivity contribution is 5.47. The summed E-state index contributed by atoms with van der Waals surface area (Å²) >= 11 is 0. The first-order valence-corrected chi connectivity index (χ1v) is 11.5. The van der Waals surface area contributed by atoms with Gasteiger partial charge < -0.3 is 23.8 Å². The average Bonchev–Trinajstić information content (AvgIpc) is 2.86. The highest BCUT2D eigenvalue weighted by Gasteiger charge is 2.32. The van der Waals surface area contributed by atoms with Crippen molar-refractivity contribution in [2.75, 3.05) is 48.6 Å². The predicted molar refractivity (Wildman–Crippen MR) is 132 cm³/mol. The van der Waals surface area contributed by atoms with Crippen molar-refractivity contribution in [3.63, 3.8) is 0 Å². The van der Waals surface area contributed by atoms with Crippen LogP contribution in [0.2, 0.25) is 0 Å². The molecule has 2 aromatic rings. The van der Waals surface area contributed by atoms with E-state index in [9.17, 15) is 5.26 Å². The SMILES string of the molecule is CCC[C@@](C#N)(CCCN(C)CCc1ccc(OC)c(OC)c1)c1ccc(OC)c(OC)c1. The first-order valence-electron chi connectivity index (χ1n) is 11.5. The van der Waals surface area contributed by atoms with Gasteiger partial charge in [0.1, 0.15) is 0 Å². The summed E-state index contributed by atoms with van der Waals surface area (Å²) in [5, 5.41) is 10.2. The molecule has 0 unspecified atom stereocenters. The van der Waals surface area contributed by atoms with Crippen LogP contribution >= 0.6 is 0 Å². The molecular weight excluding hydrogens is 416 g/mol. The number of rotatable bonds is 14. The second kappa shape index (κ2) is 13.0. The summed E-state index contributed by atoms with van der Waals surface area (Å²) in [6, 6.07) is 14.5. The van der Waals surface area contributed by atoms with Gasteiger partial charge >= 0.3 is 0 Å². The predicted octanol–water partition coefficient (Wildman–Crippen LogP) is 5.24. The molecule has 2 rings (SSSR count). The van der Waals surface area contributed by atoms with Crippen LogP contribution in [-0.4, -0.2) is 53.5 Å². The van der Waals surface area contributed by atoms with Gasteiger partial charge in [0.05, 0.1) is 39.9 Å². The Kier molecular flexibility index (Phi) is 10.3. The summed E-state index contributed by atoms with van der Waals surface area (Å²) in [6.07, 6.45) is 4.41. The van der Waals surface area contributed by atoms with Crippen LogP contribution in [0.3, 0.4) is 0 Å². The van der Waals surface area contributed by atoms with E-state index in [1.807, 2.05) is 30.3 Å². The molecule has 0 aromatic heterocycles. The largest absolute Gasteiger partial charge is 0.493 e. The van der Waals surface area contributed by atoms with Crippen LogP contribution in [0.15, 0.2) is 36.4 Å². The van der Waals surface area contributed by atoms with Gasteiger partial charge in [-0.1, -0.05) is 25.5 Å². The molecule has 0 bridgehead atoms. The van der Waals surface area contributed by atoms with Gasteiger partial charge in [-0.3, -0.25) is 0 Å². The minimum Gasteiger partial charge on any atom is -0.493 e. The molecule has 0 amide bonds. The lowest BCUT2D eigenvalue weighted by atomic mass is 9.74. The molecule has 0 N–H and O–H groups in total. The standard InChI is InChI=1S/C27H38N2O4/c1-7-14-27(20-28,22-10-12-24(31-4)26(19-22)33-6)15-8-16-29(2)17-13-21-9-11-23(30-3)25(18-21)32-5/h9-12,18-19H,7-8,13-17H2,1-6H3/t27-/m0/s1. The van der Waals surface area contributed by atoms with E-state index in [-0.39, 0.29) is 0 Å². The van der Waals surface area contributed by atoms with Crippen LogP contribution in [0.25, 0.3) is 0 Å². The quantitative estimate of drug-likeness (QED) is 0.389. The number of nitrogens with zero attached hydrogens (tertiary/aromatic N) is 2. The third kappa shape index (κ3) is 6.79. The van der Waals surface area contributed by atoms with Crippen LogP contribution in [0, 0.1) is 11.3 Å². The third-order valence-electron chi connectivity index (χ3n) is 6.20. The van der Waals surface area contributed by atoms with Crippen molar-refractivity contribution in [1.29, 1.82) is 5.26 Å². The van der Waals surface area contributed by atoms with Crippen molar-refractivity contribution in [3.8, 4) is 29.1 Å². The van der Waals surface area contributed by atoms with E-state index < -0.39 is 5.41 Å². The fourth-order valence-corrected chi connectivity index (χ4v) is 4.27. The molecule has 1 atom stereocenters. The van der Waals surface area contributed by atoms with E-state index in [0.29, 0.717) is 11.5 Å². The van der Waals surface area contributed by atoms with Crippen LogP contribution in [0.4, 0.5) is 0 Å². The van der Waals surface area contributed by atoms with Gasteiger partial charge in [0, 0.05) is 6.54 Å². The van der Waals surface area contributed by atoms with Crippen molar-refractivity contribution in [2.24, 2.45) is 0 Å². The molecule has 0 aliphatic carbocycles. The first-order chi connectivity index (χ1) is 16.0. The third-order valence-corrected chi connectivity index (χ3v) is 6.20. The Hall–Kier alpha value is -2.91. The van der Waals surface area contributed by atoms with Gasteiger partial charge in [-0.05, 0) is 74.7 Å². The van der Waals surface area contributed by atoms with Crippen molar-refractivity contribution in [1.82, 2.24) is 4.90 Å². The van der Waals surface area contributed by atoms with Gasteiger partial charge in [-0.2, -0.15) is 5.26 Å². The Bertz CT molecular complexity index is 925. The summed E-state index contributed by atoms with van der Waals surface area (Å²) in [5.74, 6) is 2.84. The number of nitriles is 1. The zero-order chi connectivity index (χ0) is 24.3. The Morgan fingerprint density at radius 3 is 2.00 bits per heavy atom. The molecule has 6 nitrogen and oxygen atoms in total. The smallest absolute Gasteiger partial charge is 0.161 e. The van der Waals surface area contributed by atoms with Gasteiger partial charge in [-0.25, -0.2) is 0 Å². The molecule has 0 fully saturated rings. The monoisotopic (exact) mass is 454 g/mol. The normalized spacial score (nSPS) is 12.7. The van der Waals surface area contributed by atoms with Crippen molar-refractivity contribution >= 4 is 0 Å². The number of likely N-dealkylation sites (N-methyl/N-ethyl adjacent to an activating group) is 1. The van der Waals surface area contributed by atoms with E-state index in [4.69, 9.17) is 18.9 Å². The molecule has 0 radical (unpaired) electrons. The lowest BCUT2D eigenvalue weighted by Gasteiger charge is -2.28. The van der Waals surface area contributed by atoms with Crippen molar-refractivity contribution in [3.05, 3.63) is 47.5 Å². The molecule has 0 spiro atoms. The average molecular weight is 455 g/mol. The molecular formula is C27H38N2O4. The highest BCUT2D eigenvalue weighted by atomic mass is 16.5. The summed E-state index contributed by atoms with van der Waals surface area (Å²) in [5.41, 5.74) is 1.68. The number of methoxy groups -OCH3 is 4. The number of ether oxygens (including phenoxy) is 4. The van der Waals surface area contributed by atoms with Gasteiger partial charge in [-0.15, -0.1) is 0 Å². The Morgan fingerprint density at radius 2 is 1.42 bits per heavy atom. The molecule has 6 heteroatoms. The van der Waals surface area contributed by atoms with Gasteiger partial charge in [0.2, 0.25) is 0 Å². The van der Waals surface area contributed by atoms with Crippen molar-refractivity contribution < 1.29 is 18.9 Å². The first kappa shape index (κ1) is 26.3. The zero-order valence-corrected chi connectivity index (χ0v) is 20.9. The summed E-state index contributed by atoms with van der Waals surface area (Å²) in [6.45, 7) is 3.98. The summed E-state index contributed by atoms with van der Waals surface area (Å²) in [4.78, 5) is 2.32. The van der Waals surface area contributed by atoms with E-state index >= 15 is 0 Å². The molecule has 180 valence electrons. The number of hydrogen-bond acceptors (Lipinski definition) is 6. The van der Waals surface area contributed by atoms with Crippen molar-refractivity contribution in [2.45, 2.75) is 44.4 Å². The van der Waals surface area contributed by atoms with Gasteiger partial charge in [0.25, 0.3) is 0 Å². The van der Waals surface area contributed by atoms with E-state index in [1.54, 1.807) is 28.4 Å². The lowest BCUT2D eigenvalue weighted by Crippen LogP contribution is -2.28. The highest BCUT2D eigenvalue weighted by Crippen LogP contribution is 2.38. The Balaban J connectivity index is 2.01. The Labute approximate surface area is 199 Å². The number of hydrogen-bond donors (Lipinski definition) is 0. The molecule has 0 saturated heterocycles. The molecule has 0 heterocycles. The fraction of sp³-hybridized carbons (Fsp3) is 0.519. The molecule has 0 aliphatic heterocycles. The summed E-state index contributed by atoms with van der Waals surface area (Å²) < 4.78 is 21.6. The van der Waals surface area contributed by atoms with E-state index in [1.165, 1.54) is 5.56 Å². The maximum absolute atomic E-state index is 10.2. The lowest BCUT2D eigenvalue weighted by molar-refractivity contribution is 0.310. The van der Waals surface area contributed by atoms with Gasteiger partial charge in [0.15, 0.2) is 23.0 Å². The second-order valence-corrected chi connectivity index (χ2v) is 8.36. The topological polar surface area (TPSA) is 64.0 Å². The molecule has 0 saturated carbocycles. The van der Waals surface area contributed by atoms with Crippen LogP contribution in [-0.2, 0) is 11.8 Å². The van der Waals surface area contributed by atoms with E-state index in [2.05, 4.69) is 31.0 Å². The second-order valence-electron chi connectivity index (χ2n) is 8.36. The fourth-order valence-electron chi connectivity index (χ4n) is 4.27. The minimum atomic E-state index is -0.529. The van der Waals surface area contributed by atoms with Crippen LogP contribution < -0.4 is 18.9 Å². The van der Waals surface area contributed by atoms with Crippen LogP contribution in [0.1, 0.15) is 43.7 Å². The maximum Gasteiger partial charge on any atom is 0.161 e. The zero-order valence-electron chi connectivity index (χ0n) is 20.9. The molecule has 33 heavy (non-hydrogen) atoms. The summed E-state index contributed by atoms with van der Waals surface area (Å²) in [7, 11) is 8.68.